The van der Waals surface area contributed by atoms with Gasteiger partial charge in [0.1, 0.15) is 0 Å². The molecule has 1 heterocycles. The molecule has 7 nitrogen and oxygen atoms in total. The van der Waals surface area contributed by atoms with Gasteiger partial charge in [-0.15, -0.1) is 0 Å². The topological polar surface area (TPSA) is 84.9 Å². The second-order valence-electron chi connectivity index (χ2n) is 7.41. The van der Waals surface area contributed by atoms with Crippen molar-refractivity contribution in [2.75, 3.05) is 23.9 Å². The number of ether oxygens (including phenoxy) is 2. The minimum absolute atomic E-state index is 0.194. The fourth-order valence-electron chi connectivity index (χ4n) is 3.35. The largest absolute Gasteiger partial charge is 0.493 e. The van der Waals surface area contributed by atoms with E-state index in [1.165, 1.54) is 7.11 Å². The van der Waals surface area contributed by atoms with E-state index in [9.17, 15) is 14.4 Å². The highest BCUT2D eigenvalue weighted by atomic mass is 32.2. The Bertz CT molecular complexity index is 1270. The highest BCUT2D eigenvalue weighted by Crippen LogP contribution is 2.37. The number of aryl methyl sites for hydroxylation is 1. The van der Waals surface area contributed by atoms with Gasteiger partial charge >= 0.3 is 0 Å². The Balaban J connectivity index is 1.45. The van der Waals surface area contributed by atoms with Crippen LogP contribution >= 0.6 is 11.8 Å². The van der Waals surface area contributed by atoms with Gasteiger partial charge in [0.15, 0.2) is 18.1 Å². The molecule has 1 aliphatic heterocycles. The summed E-state index contributed by atoms with van der Waals surface area (Å²) >= 11 is 0.879. The summed E-state index contributed by atoms with van der Waals surface area (Å²) in [5.41, 5.74) is 2.86. The Morgan fingerprint density at radius 2 is 1.74 bits per heavy atom. The summed E-state index contributed by atoms with van der Waals surface area (Å²) in [6.45, 7) is 1.72. The molecule has 3 aromatic rings. The van der Waals surface area contributed by atoms with E-state index in [0.29, 0.717) is 27.7 Å². The predicted octanol–water partition coefficient (Wildman–Crippen LogP) is 5.26. The van der Waals surface area contributed by atoms with Crippen molar-refractivity contribution in [3.8, 4) is 11.5 Å². The van der Waals surface area contributed by atoms with E-state index < -0.39 is 0 Å². The molecule has 1 N–H and O–H groups in total. The van der Waals surface area contributed by atoms with Crippen LogP contribution in [0.5, 0.6) is 11.5 Å². The zero-order valence-corrected chi connectivity index (χ0v) is 19.4. The number of imide groups is 1. The first kappa shape index (κ1) is 23.1. The number of hydrogen-bond donors (Lipinski definition) is 1. The molecule has 1 aliphatic rings. The third kappa shape index (κ3) is 5.13. The number of amides is 3. The van der Waals surface area contributed by atoms with Crippen molar-refractivity contribution < 1.29 is 23.9 Å². The summed E-state index contributed by atoms with van der Waals surface area (Å²) in [4.78, 5) is 39.0. The SMILES string of the molecule is COc1cc(/C=C2/SC(=O)N(c3ccccc3)C2=O)ccc1OCC(=O)Nc1ccccc1C. The zero-order chi connectivity index (χ0) is 24.1. The van der Waals surface area contributed by atoms with Crippen LogP contribution in [0.1, 0.15) is 11.1 Å². The van der Waals surface area contributed by atoms with Crippen LogP contribution in [0, 0.1) is 6.92 Å². The molecule has 0 bridgehead atoms. The standard InChI is InChI=1S/C26H22N2O5S/c1-17-8-6-7-11-20(17)27-24(29)16-33-21-13-12-18(14-22(21)32-2)15-23-25(30)28(26(31)34-23)19-9-4-3-5-10-19/h3-15H,16H2,1-2H3,(H,27,29)/b23-15+. The van der Waals surface area contributed by atoms with E-state index in [-0.39, 0.29) is 23.7 Å². The van der Waals surface area contributed by atoms with Crippen LogP contribution in [0.3, 0.4) is 0 Å². The van der Waals surface area contributed by atoms with E-state index >= 15 is 0 Å². The van der Waals surface area contributed by atoms with Gasteiger partial charge in [-0.1, -0.05) is 42.5 Å². The lowest BCUT2D eigenvalue weighted by molar-refractivity contribution is -0.118. The highest BCUT2D eigenvalue weighted by Gasteiger charge is 2.36. The number of thioether (sulfide) groups is 1. The van der Waals surface area contributed by atoms with Crippen molar-refractivity contribution in [1.29, 1.82) is 0 Å². The van der Waals surface area contributed by atoms with Gasteiger partial charge in [0.25, 0.3) is 17.1 Å². The summed E-state index contributed by atoms with van der Waals surface area (Å²) < 4.78 is 11.1. The van der Waals surface area contributed by atoms with Gasteiger partial charge in [-0.05, 0) is 66.2 Å². The van der Waals surface area contributed by atoms with Gasteiger partial charge in [0.2, 0.25) is 0 Å². The molecule has 0 atom stereocenters. The van der Waals surface area contributed by atoms with Gasteiger partial charge in [-0.2, -0.15) is 0 Å². The number of anilines is 2. The van der Waals surface area contributed by atoms with Crippen molar-refractivity contribution in [2.24, 2.45) is 0 Å². The average molecular weight is 475 g/mol. The Hall–Kier alpha value is -4.04. The van der Waals surface area contributed by atoms with Crippen molar-refractivity contribution in [1.82, 2.24) is 0 Å². The molecule has 0 aromatic heterocycles. The summed E-state index contributed by atoms with van der Waals surface area (Å²) in [6, 6.07) is 21.3. The Labute approximate surface area is 201 Å². The van der Waals surface area contributed by atoms with E-state index in [1.807, 2.05) is 37.3 Å². The Kier molecular flexibility index (Phi) is 6.98. The summed E-state index contributed by atoms with van der Waals surface area (Å²) in [5.74, 6) is 0.111. The molecule has 172 valence electrons. The van der Waals surface area contributed by atoms with Crippen molar-refractivity contribution in [2.45, 2.75) is 6.92 Å². The van der Waals surface area contributed by atoms with Gasteiger partial charge in [-0.3, -0.25) is 14.4 Å². The molecule has 3 aromatic carbocycles. The second-order valence-corrected chi connectivity index (χ2v) is 8.41. The molecule has 0 unspecified atom stereocenters. The minimum atomic E-state index is -0.381. The maximum absolute atomic E-state index is 12.8. The van der Waals surface area contributed by atoms with Crippen LogP contribution in [0.4, 0.5) is 16.2 Å². The van der Waals surface area contributed by atoms with E-state index in [2.05, 4.69) is 5.32 Å². The minimum Gasteiger partial charge on any atom is -0.493 e. The van der Waals surface area contributed by atoms with Crippen molar-refractivity contribution in [3.05, 3.63) is 88.8 Å². The number of methoxy groups -OCH3 is 1. The lowest BCUT2D eigenvalue weighted by Gasteiger charge is -2.13. The first-order valence-corrected chi connectivity index (χ1v) is 11.3. The van der Waals surface area contributed by atoms with Crippen LogP contribution in [0.15, 0.2) is 77.7 Å². The van der Waals surface area contributed by atoms with Crippen LogP contribution in [-0.4, -0.2) is 30.8 Å². The van der Waals surface area contributed by atoms with Gasteiger partial charge in [0.05, 0.1) is 17.7 Å². The van der Waals surface area contributed by atoms with Gasteiger partial charge in [0, 0.05) is 5.69 Å². The number of nitrogens with zero attached hydrogens (tertiary/aromatic N) is 1. The third-order valence-electron chi connectivity index (χ3n) is 5.07. The Morgan fingerprint density at radius 1 is 1.00 bits per heavy atom. The molecule has 34 heavy (non-hydrogen) atoms. The second kappa shape index (κ2) is 10.3. The van der Waals surface area contributed by atoms with Crippen LogP contribution in [-0.2, 0) is 9.59 Å². The van der Waals surface area contributed by atoms with E-state index in [0.717, 1.165) is 27.9 Å². The molecule has 0 spiro atoms. The fourth-order valence-corrected chi connectivity index (χ4v) is 4.20. The van der Waals surface area contributed by atoms with Crippen LogP contribution < -0.4 is 19.7 Å². The van der Waals surface area contributed by atoms with Crippen LogP contribution in [0.25, 0.3) is 6.08 Å². The number of hydrogen-bond acceptors (Lipinski definition) is 6. The Morgan fingerprint density at radius 3 is 2.47 bits per heavy atom. The number of benzene rings is 3. The molecule has 8 heteroatoms. The molecule has 3 amide bonds. The molecule has 0 radical (unpaired) electrons. The molecule has 0 saturated carbocycles. The molecule has 1 saturated heterocycles. The maximum Gasteiger partial charge on any atom is 0.298 e. The van der Waals surface area contributed by atoms with Gasteiger partial charge < -0.3 is 14.8 Å². The summed E-state index contributed by atoms with van der Waals surface area (Å²) in [6.07, 6.45) is 1.63. The average Bonchev–Trinajstić information content (AvgIpc) is 3.12. The maximum atomic E-state index is 12.8. The zero-order valence-electron chi connectivity index (χ0n) is 18.6. The van der Waals surface area contributed by atoms with Crippen molar-refractivity contribution in [3.63, 3.8) is 0 Å². The lowest BCUT2D eigenvalue weighted by Crippen LogP contribution is -2.27. The van der Waals surface area contributed by atoms with E-state index in [1.54, 1.807) is 48.5 Å². The molecular formula is C26H22N2O5S. The number of nitrogens with one attached hydrogen (secondary N) is 1. The molecule has 1 fully saturated rings. The predicted molar refractivity (Wildman–Crippen MR) is 133 cm³/mol. The number of carbonyl (C=O) groups excluding carboxylic acids is 3. The van der Waals surface area contributed by atoms with Crippen molar-refractivity contribution >= 4 is 46.3 Å². The molecule has 4 rings (SSSR count). The molecular weight excluding hydrogens is 452 g/mol. The first-order valence-electron chi connectivity index (χ1n) is 10.5. The first-order chi connectivity index (χ1) is 16.5. The summed E-state index contributed by atoms with van der Waals surface area (Å²) in [5, 5.41) is 2.46. The monoisotopic (exact) mass is 474 g/mol. The summed E-state index contributed by atoms with van der Waals surface area (Å²) in [7, 11) is 1.49. The third-order valence-corrected chi connectivity index (χ3v) is 5.94. The quantitative estimate of drug-likeness (QED) is 0.470. The van der Waals surface area contributed by atoms with Gasteiger partial charge in [-0.25, -0.2) is 4.90 Å². The number of rotatable bonds is 7. The normalized spacial score (nSPS) is 14.4. The van der Waals surface area contributed by atoms with E-state index in [4.69, 9.17) is 9.47 Å². The fraction of sp³-hybridized carbons (Fsp3) is 0.115. The number of carbonyl (C=O) groups is 3. The molecule has 0 aliphatic carbocycles. The highest BCUT2D eigenvalue weighted by molar-refractivity contribution is 8.19. The lowest BCUT2D eigenvalue weighted by atomic mass is 10.1. The number of para-hydroxylation sites is 2. The van der Waals surface area contributed by atoms with Crippen LogP contribution in [0.2, 0.25) is 0 Å². The smallest absolute Gasteiger partial charge is 0.298 e.